The van der Waals surface area contributed by atoms with Gasteiger partial charge in [0.25, 0.3) is 0 Å². The molecule has 0 aromatic heterocycles. The van der Waals surface area contributed by atoms with Crippen LogP contribution in [0.15, 0.2) is 42.5 Å². The Bertz CT molecular complexity index is 750. The number of carbonyl (C=O) groups excluding carboxylic acids is 2. The van der Waals surface area contributed by atoms with Crippen molar-refractivity contribution in [2.24, 2.45) is 0 Å². The van der Waals surface area contributed by atoms with E-state index in [1.165, 1.54) is 14.0 Å². The van der Waals surface area contributed by atoms with E-state index in [-0.39, 0.29) is 11.9 Å². The van der Waals surface area contributed by atoms with E-state index in [4.69, 9.17) is 16.3 Å². The quantitative estimate of drug-likeness (QED) is 0.772. The SMILES string of the molecule is COc1ccc(CNC(=O)Nc2cccc(Cl)c2)cc1NC(C)=O. The summed E-state index contributed by atoms with van der Waals surface area (Å²) in [6.45, 7) is 1.71. The van der Waals surface area contributed by atoms with Crippen molar-refractivity contribution in [2.75, 3.05) is 17.7 Å². The molecule has 0 bridgehead atoms. The first kappa shape index (κ1) is 17.6. The number of hydrogen-bond donors (Lipinski definition) is 3. The lowest BCUT2D eigenvalue weighted by atomic mass is 10.2. The largest absolute Gasteiger partial charge is 0.495 e. The third kappa shape index (κ3) is 5.17. The molecule has 0 saturated heterocycles. The van der Waals surface area contributed by atoms with Crippen LogP contribution in [0.5, 0.6) is 5.75 Å². The Balaban J connectivity index is 1.98. The summed E-state index contributed by atoms with van der Waals surface area (Å²) in [6, 6.07) is 11.8. The molecule has 3 amide bonds. The van der Waals surface area contributed by atoms with Crippen LogP contribution < -0.4 is 20.7 Å². The number of halogens is 1. The summed E-state index contributed by atoms with van der Waals surface area (Å²) in [7, 11) is 1.52. The average molecular weight is 348 g/mol. The van der Waals surface area contributed by atoms with Gasteiger partial charge < -0.3 is 20.7 Å². The molecule has 2 rings (SSSR count). The zero-order chi connectivity index (χ0) is 17.5. The molecule has 2 aromatic rings. The van der Waals surface area contributed by atoms with Crippen molar-refractivity contribution in [3.8, 4) is 5.75 Å². The van der Waals surface area contributed by atoms with E-state index in [9.17, 15) is 9.59 Å². The van der Waals surface area contributed by atoms with Gasteiger partial charge in [-0.15, -0.1) is 0 Å². The van der Waals surface area contributed by atoms with Crippen LogP contribution in [-0.4, -0.2) is 19.0 Å². The topological polar surface area (TPSA) is 79.5 Å². The summed E-state index contributed by atoms with van der Waals surface area (Å²) in [5, 5.41) is 8.67. The number of ether oxygens (including phenoxy) is 1. The summed E-state index contributed by atoms with van der Waals surface area (Å²) in [4.78, 5) is 23.2. The van der Waals surface area contributed by atoms with E-state index < -0.39 is 0 Å². The van der Waals surface area contributed by atoms with Crippen LogP contribution in [0.1, 0.15) is 12.5 Å². The predicted octanol–water partition coefficient (Wildman–Crippen LogP) is 3.63. The van der Waals surface area contributed by atoms with Gasteiger partial charge in [0.2, 0.25) is 5.91 Å². The first-order valence-corrected chi connectivity index (χ1v) is 7.60. The van der Waals surface area contributed by atoms with Crippen molar-refractivity contribution >= 4 is 34.9 Å². The minimum Gasteiger partial charge on any atom is -0.495 e. The summed E-state index contributed by atoms with van der Waals surface area (Å²) >= 11 is 5.87. The van der Waals surface area contributed by atoms with Gasteiger partial charge in [-0.25, -0.2) is 4.79 Å². The summed E-state index contributed by atoms with van der Waals surface area (Å²) < 4.78 is 5.19. The third-order valence-electron chi connectivity index (χ3n) is 3.11. The van der Waals surface area contributed by atoms with Gasteiger partial charge in [0.05, 0.1) is 12.8 Å². The highest BCUT2D eigenvalue weighted by Gasteiger charge is 2.07. The van der Waals surface area contributed by atoms with Crippen LogP contribution in [0.2, 0.25) is 5.02 Å². The first-order chi connectivity index (χ1) is 11.5. The number of methoxy groups -OCH3 is 1. The first-order valence-electron chi connectivity index (χ1n) is 7.23. The van der Waals surface area contributed by atoms with Gasteiger partial charge in [-0.1, -0.05) is 23.7 Å². The lowest BCUT2D eigenvalue weighted by Gasteiger charge is -2.12. The average Bonchev–Trinajstić information content (AvgIpc) is 2.52. The molecule has 0 heterocycles. The van der Waals surface area contributed by atoms with E-state index in [2.05, 4.69) is 16.0 Å². The molecule has 7 heteroatoms. The number of amides is 3. The molecule has 0 fully saturated rings. The molecular weight excluding hydrogens is 330 g/mol. The fourth-order valence-electron chi connectivity index (χ4n) is 2.08. The van der Waals surface area contributed by atoms with Crippen molar-refractivity contribution in [1.29, 1.82) is 0 Å². The molecule has 0 unspecified atom stereocenters. The Labute approximate surface area is 145 Å². The number of anilines is 2. The van der Waals surface area contributed by atoms with E-state index in [1.54, 1.807) is 36.4 Å². The second kappa shape index (κ2) is 8.21. The number of nitrogens with one attached hydrogen (secondary N) is 3. The molecule has 0 spiro atoms. The van der Waals surface area contributed by atoms with Gasteiger partial charge in [-0.2, -0.15) is 0 Å². The summed E-state index contributed by atoms with van der Waals surface area (Å²) in [6.07, 6.45) is 0. The van der Waals surface area contributed by atoms with Crippen molar-refractivity contribution in [3.63, 3.8) is 0 Å². The zero-order valence-corrected chi connectivity index (χ0v) is 14.1. The highest BCUT2D eigenvalue weighted by Crippen LogP contribution is 2.25. The van der Waals surface area contributed by atoms with Gasteiger partial charge in [-0.05, 0) is 35.9 Å². The molecule has 0 saturated carbocycles. The van der Waals surface area contributed by atoms with Crippen LogP contribution >= 0.6 is 11.6 Å². The number of hydrogen-bond acceptors (Lipinski definition) is 3. The predicted molar refractivity (Wildman–Crippen MR) is 94.6 cm³/mol. The summed E-state index contributed by atoms with van der Waals surface area (Å²) in [5.41, 5.74) is 1.98. The van der Waals surface area contributed by atoms with Crippen LogP contribution in [0.4, 0.5) is 16.2 Å². The zero-order valence-electron chi connectivity index (χ0n) is 13.4. The molecule has 0 aliphatic rings. The van der Waals surface area contributed by atoms with E-state index in [1.807, 2.05) is 6.07 Å². The van der Waals surface area contributed by atoms with Gasteiger partial charge in [0.1, 0.15) is 5.75 Å². The molecule has 2 aromatic carbocycles. The van der Waals surface area contributed by atoms with Crippen LogP contribution in [0.25, 0.3) is 0 Å². The number of benzene rings is 2. The lowest BCUT2D eigenvalue weighted by Crippen LogP contribution is -2.28. The van der Waals surface area contributed by atoms with Gasteiger partial charge in [0, 0.05) is 24.2 Å². The number of carbonyl (C=O) groups is 2. The fraction of sp³-hybridized carbons (Fsp3) is 0.176. The molecule has 0 aliphatic carbocycles. The van der Waals surface area contributed by atoms with Gasteiger partial charge >= 0.3 is 6.03 Å². The standard InChI is InChI=1S/C17H18ClN3O3/c1-11(22)20-15-8-12(6-7-16(15)24-2)10-19-17(23)21-14-5-3-4-13(18)9-14/h3-9H,10H2,1-2H3,(H,20,22)(H2,19,21,23). The number of urea groups is 1. The van der Waals surface area contributed by atoms with Crippen molar-refractivity contribution < 1.29 is 14.3 Å². The van der Waals surface area contributed by atoms with Crippen LogP contribution in [0, 0.1) is 0 Å². The normalized spacial score (nSPS) is 9.96. The minimum absolute atomic E-state index is 0.197. The second-order valence-electron chi connectivity index (χ2n) is 5.03. The second-order valence-corrected chi connectivity index (χ2v) is 5.47. The van der Waals surface area contributed by atoms with E-state index >= 15 is 0 Å². The van der Waals surface area contributed by atoms with Crippen molar-refractivity contribution in [1.82, 2.24) is 5.32 Å². The Morgan fingerprint density at radius 3 is 2.58 bits per heavy atom. The lowest BCUT2D eigenvalue weighted by molar-refractivity contribution is -0.114. The van der Waals surface area contributed by atoms with Crippen LogP contribution in [-0.2, 0) is 11.3 Å². The van der Waals surface area contributed by atoms with Gasteiger partial charge in [-0.3, -0.25) is 4.79 Å². The Morgan fingerprint density at radius 2 is 1.92 bits per heavy atom. The van der Waals surface area contributed by atoms with Crippen LogP contribution in [0.3, 0.4) is 0 Å². The minimum atomic E-state index is -0.353. The Hall–Kier alpha value is -2.73. The molecule has 24 heavy (non-hydrogen) atoms. The number of rotatable bonds is 5. The van der Waals surface area contributed by atoms with Crippen molar-refractivity contribution in [2.45, 2.75) is 13.5 Å². The maximum atomic E-state index is 11.9. The molecule has 3 N–H and O–H groups in total. The molecular formula is C17H18ClN3O3. The maximum absolute atomic E-state index is 11.9. The van der Waals surface area contributed by atoms with E-state index in [0.29, 0.717) is 28.7 Å². The molecule has 0 radical (unpaired) electrons. The third-order valence-corrected chi connectivity index (χ3v) is 3.35. The van der Waals surface area contributed by atoms with Crippen molar-refractivity contribution in [3.05, 3.63) is 53.1 Å². The molecule has 126 valence electrons. The molecule has 0 atom stereocenters. The smallest absolute Gasteiger partial charge is 0.319 e. The highest BCUT2D eigenvalue weighted by molar-refractivity contribution is 6.30. The highest BCUT2D eigenvalue weighted by atomic mass is 35.5. The Morgan fingerprint density at radius 1 is 1.12 bits per heavy atom. The molecule has 6 nitrogen and oxygen atoms in total. The fourth-order valence-corrected chi connectivity index (χ4v) is 2.27. The monoisotopic (exact) mass is 347 g/mol. The molecule has 0 aliphatic heterocycles. The summed E-state index contributed by atoms with van der Waals surface area (Å²) in [5.74, 6) is 0.356. The van der Waals surface area contributed by atoms with Gasteiger partial charge in [0.15, 0.2) is 0 Å². The van der Waals surface area contributed by atoms with E-state index in [0.717, 1.165) is 5.56 Å². The Kier molecular flexibility index (Phi) is 6.03. The maximum Gasteiger partial charge on any atom is 0.319 e.